The maximum Gasteiger partial charge on any atom is 0.436 e. The number of nitrogens with one attached hydrogen (secondary N) is 1. The van der Waals surface area contributed by atoms with Gasteiger partial charge in [0.1, 0.15) is 5.56 Å². The van der Waals surface area contributed by atoms with Crippen molar-refractivity contribution in [2.24, 2.45) is 0 Å². The lowest BCUT2D eigenvalue weighted by Crippen LogP contribution is -2.15. The molecule has 90 valence electrons. The molecule has 0 fully saturated rings. The zero-order valence-corrected chi connectivity index (χ0v) is 8.81. The number of nitrogens with zero attached hydrogens (tertiary/aromatic N) is 1. The molecule has 7 heteroatoms. The molecular formula is C9H11F3N2O2. The summed E-state index contributed by atoms with van der Waals surface area (Å²) in [5.41, 5.74) is -1.61. The molecule has 0 aliphatic heterocycles. The Morgan fingerprint density at radius 2 is 2.06 bits per heavy atom. The first-order valence-corrected chi connectivity index (χ1v) is 4.73. The second kappa shape index (κ2) is 4.54. The Bertz CT molecular complexity index is 385. The summed E-state index contributed by atoms with van der Waals surface area (Å²) >= 11 is 0. The standard InChI is InChI=1S/C9H11F3N2O2/c1-3-5-6(8(15)16-4-2)7(14-13-5)9(10,11)12/h3-4H2,1-2H3,(H,13,14). The number of halogens is 3. The van der Waals surface area contributed by atoms with Crippen LogP contribution in [0.25, 0.3) is 0 Å². The highest BCUT2D eigenvalue weighted by Crippen LogP contribution is 2.32. The van der Waals surface area contributed by atoms with Crippen LogP contribution in [0.3, 0.4) is 0 Å². The summed E-state index contributed by atoms with van der Waals surface area (Å²) < 4.78 is 42.1. The fourth-order valence-corrected chi connectivity index (χ4v) is 1.26. The van der Waals surface area contributed by atoms with Crippen LogP contribution in [0.4, 0.5) is 13.2 Å². The predicted octanol–water partition coefficient (Wildman–Crippen LogP) is 2.17. The number of hydrogen-bond donors (Lipinski definition) is 1. The van der Waals surface area contributed by atoms with Gasteiger partial charge in [-0.05, 0) is 13.3 Å². The van der Waals surface area contributed by atoms with Gasteiger partial charge in [0, 0.05) is 0 Å². The molecule has 0 aliphatic rings. The monoisotopic (exact) mass is 236 g/mol. The molecule has 0 saturated heterocycles. The number of carbonyl (C=O) groups is 1. The number of ether oxygens (including phenoxy) is 1. The number of aromatic nitrogens is 2. The molecule has 1 rings (SSSR count). The third-order valence-electron chi connectivity index (χ3n) is 1.94. The normalized spacial score (nSPS) is 11.6. The lowest BCUT2D eigenvalue weighted by Gasteiger charge is -2.06. The van der Waals surface area contributed by atoms with Crippen molar-refractivity contribution in [2.45, 2.75) is 26.4 Å². The molecule has 1 N–H and O–H groups in total. The van der Waals surface area contributed by atoms with Gasteiger partial charge in [-0.1, -0.05) is 6.92 Å². The summed E-state index contributed by atoms with van der Waals surface area (Å²) in [5, 5.41) is 5.31. The van der Waals surface area contributed by atoms with Gasteiger partial charge in [-0.15, -0.1) is 0 Å². The number of aromatic amines is 1. The number of carbonyl (C=O) groups excluding carboxylic acids is 1. The van der Waals surface area contributed by atoms with Crippen LogP contribution in [0.5, 0.6) is 0 Å². The Labute approximate surface area is 89.8 Å². The minimum atomic E-state index is -4.66. The Morgan fingerprint density at radius 3 is 2.50 bits per heavy atom. The first-order valence-electron chi connectivity index (χ1n) is 4.73. The van der Waals surface area contributed by atoms with E-state index in [1.165, 1.54) is 6.92 Å². The van der Waals surface area contributed by atoms with Gasteiger partial charge < -0.3 is 4.74 Å². The van der Waals surface area contributed by atoms with Crippen LogP contribution in [0.2, 0.25) is 0 Å². The molecule has 0 bridgehead atoms. The van der Waals surface area contributed by atoms with Crippen molar-refractivity contribution in [1.82, 2.24) is 10.2 Å². The molecule has 0 saturated carbocycles. The van der Waals surface area contributed by atoms with E-state index < -0.39 is 23.4 Å². The second-order valence-electron chi connectivity index (χ2n) is 3.00. The lowest BCUT2D eigenvalue weighted by atomic mass is 10.1. The topological polar surface area (TPSA) is 55.0 Å². The van der Waals surface area contributed by atoms with Crippen molar-refractivity contribution in [2.75, 3.05) is 6.61 Å². The van der Waals surface area contributed by atoms with Crippen LogP contribution in [0.15, 0.2) is 0 Å². The largest absolute Gasteiger partial charge is 0.462 e. The summed E-state index contributed by atoms with van der Waals surface area (Å²) in [5.74, 6) is -1.000. The Hall–Kier alpha value is -1.53. The molecule has 16 heavy (non-hydrogen) atoms. The number of esters is 1. The van der Waals surface area contributed by atoms with Crippen molar-refractivity contribution in [3.8, 4) is 0 Å². The molecule has 1 aromatic rings. The van der Waals surface area contributed by atoms with Crippen LogP contribution in [-0.4, -0.2) is 22.8 Å². The molecular weight excluding hydrogens is 225 g/mol. The maximum atomic E-state index is 12.5. The summed E-state index contributed by atoms with van der Waals surface area (Å²) in [7, 11) is 0. The van der Waals surface area contributed by atoms with E-state index in [4.69, 9.17) is 0 Å². The number of hydrogen-bond acceptors (Lipinski definition) is 3. The third-order valence-corrected chi connectivity index (χ3v) is 1.94. The van der Waals surface area contributed by atoms with E-state index in [0.29, 0.717) is 0 Å². The van der Waals surface area contributed by atoms with Crippen LogP contribution in [0, 0.1) is 0 Å². The molecule has 0 spiro atoms. The number of rotatable bonds is 3. The van der Waals surface area contributed by atoms with E-state index in [1.807, 2.05) is 0 Å². The predicted molar refractivity (Wildman–Crippen MR) is 48.9 cm³/mol. The minimum absolute atomic E-state index is 0.0183. The molecule has 1 heterocycles. The average Bonchev–Trinajstić information content (AvgIpc) is 2.60. The van der Waals surface area contributed by atoms with E-state index in [0.717, 1.165) is 0 Å². The zero-order chi connectivity index (χ0) is 12.3. The van der Waals surface area contributed by atoms with Crippen LogP contribution in [-0.2, 0) is 17.3 Å². The van der Waals surface area contributed by atoms with Gasteiger partial charge in [0.25, 0.3) is 0 Å². The van der Waals surface area contributed by atoms with Crippen molar-refractivity contribution >= 4 is 5.97 Å². The first kappa shape index (κ1) is 12.5. The van der Waals surface area contributed by atoms with Crippen LogP contribution >= 0.6 is 0 Å². The highest BCUT2D eigenvalue weighted by molar-refractivity contribution is 5.92. The van der Waals surface area contributed by atoms with Gasteiger partial charge >= 0.3 is 12.1 Å². The fourth-order valence-electron chi connectivity index (χ4n) is 1.26. The molecule has 0 atom stereocenters. The van der Waals surface area contributed by atoms with Crippen molar-refractivity contribution in [3.05, 3.63) is 17.0 Å². The van der Waals surface area contributed by atoms with Crippen molar-refractivity contribution < 1.29 is 22.7 Å². The number of H-pyrrole nitrogens is 1. The van der Waals surface area contributed by atoms with Gasteiger partial charge in [-0.25, -0.2) is 4.79 Å². The molecule has 0 amide bonds. The Balaban J connectivity index is 3.21. The maximum absolute atomic E-state index is 12.5. The molecule has 0 unspecified atom stereocenters. The van der Waals surface area contributed by atoms with Crippen molar-refractivity contribution in [1.29, 1.82) is 0 Å². The van der Waals surface area contributed by atoms with E-state index in [2.05, 4.69) is 14.9 Å². The minimum Gasteiger partial charge on any atom is -0.462 e. The lowest BCUT2D eigenvalue weighted by molar-refractivity contribution is -0.141. The van der Waals surface area contributed by atoms with E-state index in [1.54, 1.807) is 6.92 Å². The fraction of sp³-hybridized carbons (Fsp3) is 0.556. The smallest absolute Gasteiger partial charge is 0.436 e. The van der Waals surface area contributed by atoms with Gasteiger partial charge in [0.15, 0.2) is 5.69 Å². The van der Waals surface area contributed by atoms with Crippen LogP contribution in [0.1, 0.15) is 35.6 Å². The summed E-state index contributed by atoms with van der Waals surface area (Å²) in [6, 6.07) is 0. The first-order chi connectivity index (χ1) is 7.41. The summed E-state index contributed by atoms with van der Waals surface area (Å²) in [6.45, 7) is 3.16. The quantitative estimate of drug-likeness (QED) is 0.818. The molecule has 1 aromatic heterocycles. The summed E-state index contributed by atoms with van der Waals surface area (Å²) in [4.78, 5) is 11.4. The van der Waals surface area contributed by atoms with E-state index >= 15 is 0 Å². The van der Waals surface area contributed by atoms with Crippen molar-refractivity contribution in [3.63, 3.8) is 0 Å². The van der Waals surface area contributed by atoms with E-state index in [-0.39, 0.29) is 18.7 Å². The zero-order valence-electron chi connectivity index (χ0n) is 8.81. The molecule has 0 radical (unpaired) electrons. The number of aryl methyl sites for hydroxylation is 1. The number of alkyl halides is 3. The van der Waals surface area contributed by atoms with Crippen LogP contribution < -0.4 is 0 Å². The van der Waals surface area contributed by atoms with Gasteiger partial charge in [0.2, 0.25) is 0 Å². The highest BCUT2D eigenvalue weighted by atomic mass is 19.4. The molecule has 0 aliphatic carbocycles. The van der Waals surface area contributed by atoms with E-state index in [9.17, 15) is 18.0 Å². The Morgan fingerprint density at radius 1 is 1.44 bits per heavy atom. The SMILES string of the molecule is CCOC(=O)c1c(C(F)(F)F)n[nH]c1CC. The second-order valence-corrected chi connectivity index (χ2v) is 3.00. The highest BCUT2D eigenvalue weighted by Gasteiger charge is 2.40. The summed E-state index contributed by atoms with van der Waals surface area (Å²) in [6.07, 6.45) is -4.41. The van der Waals surface area contributed by atoms with Gasteiger partial charge in [0.05, 0.1) is 12.3 Å². The average molecular weight is 236 g/mol. The van der Waals surface area contributed by atoms with Gasteiger partial charge in [-0.2, -0.15) is 18.3 Å². The molecule has 4 nitrogen and oxygen atoms in total. The Kier molecular flexibility index (Phi) is 3.56. The molecule has 0 aromatic carbocycles. The third kappa shape index (κ3) is 2.34. The van der Waals surface area contributed by atoms with Gasteiger partial charge in [-0.3, -0.25) is 5.10 Å².